The van der Waals surface area contributed by atoms with Crippen molar-refractivity contribution in [2.24, 2.45) is 5.73 Å². The van der Waals surface area contributed by atoms with Gasteiger partial charge in [-0.15, -0.1) is 0 Å². The summed E-state index contributed by atoms with van der Waals surface area (Å²) in [7, 11) is 1.62. The fourth-order valence-corrected chi connectivity index (χ4v) is 1.63. The van der Waals surface area contributed by atoms with E-state index in [1.54, 1.807) is 7.11 Å². The molecule has 0 aromatic heterocycles. The summed E-state index contributed by atoms with van der Waals surface area (Å²) in [6.07, 6.45) is 0. The summed E-state index contributed by atoms with van der Waals surface area (Å²) in [5, 5.41) is 11.9. The van der Waals surface area contributed by atoms with Gasteiger partial charge in [-0.3, -0.25) is 0 Å². The number of aliphatic hydroxyl groups is 1. The zero-order valence-corrected chi connectivity index (χ0v) is 10.1. The third kappa shape index (κ3) is 3.70. The van der Waals surface area contributed by atoms with E-state index in [0.717, 1.165) is 15.9 Å². The molecule has 5 heteroatoms. The highest BCUT2D eigenvalue weighted by molar-refractivity contribution is 9.10. The molecular formula is C10H15BrN2O2. The Labute approximate surface area is 97.6 Å². The number of nitrogens with two attached hydrogens (primary N) is 1. The molecule has 1 atom stereocenters. The second-order valence-corrected chi connectivity index (χ2v) is 4.03. The molecule has 0 aliphatic carbocycles. The molecule has 0 amide bonds. The summed E-state index contributed by atoms with van der Waals surface area (Å²) < 4.78 is 5.99. The Morgan fingerprint density at radius 3 is 2.87 bits per heavy atom. The summed E-state index contributed by atoms with van der Waals surface area (Å²) in [6.45, 7) is 0.513. The molecule has 1 aromatic carbocycles. The van der Waals surface area contributed by atoms with Crippen molar-refractivity contribution in [3.63, 3.8) is 0 Å². The van der Waals surface area contributed by atoms with Gasteiger partial charge < -0.3 is 20.9 Å². The van der Waals surface area contributed by atoms with Crippen LogP contribution in [0.5, 0.6) is 5.75 Å². The molecule has 0 saturated heterocycles. The minimum absolute atomic E-state index is 0.0235. The predicted molar refractivity (Wildman–Crippen MR) is 64.2 cm³/mol. The van der Waals surface area contributed by atoms with Crippen LogP contribution in [0.15, 0.2) is 22.7 Å². The largest absolute Gasteiger partial charge is 0.496 e. The quantitative estimate of drug-likeness (QED) is 0.755. The Morgan fingerprint density at radius 1 is 1.60 bits per heavy atom. The summed E-state index contributed by atoms with van der Waals surface area (Å²) in [4.78, 5) is 0. The van der Waals surface area contributed by atoms with Crippen LogP contribution in [0, 0.1) is 0 Å². The van der Waals surface area contributed by atoms with E-state index in [-0.39, 0.29) is 12.6 Å². The monoisotopic (exact) mass is 274 g/mol. The van der Waals surface area contributed by atoms with E-state index >= 15 is 0 Å². The zero-order chi connectivity index (χ0) is 11.3. The molecule has 4 N–H and O–H groups in total. The van der Waals surface area contributed by atoms with E-state index in [1.165, 1.54) is 0 Å². The number of hydrogen-bond acceptors (Lipinski definition) is 4. The summed E-state index contributed by atoms with van der Waals surface area (Å²) >= 11 is 3.39. The first kappa shape index (κ1) is 12.3. The van der Waals surface area contributed by atoms with Crippen LogP contribution in [0.25, 0.3) is 0 Å². The molecule has 4 nitrogen and oxygen atoms in total. The zero-order valence-electron chi connectivity index (χ0n) is 8.53. The van der Waals surface area contributed by atoms with Gasteiger partial charge >= 0.3 is 0 Å². The first-order chi connectivity index (χ1) is 7.17. The standard InChI is InChI=1S/C10H15BrN2O2/c1-15-10-3-2-8(4-9(10)11)13-5-7(12)6-14/h2-4,7,13-14H,5-6,12H2,1H3. The van der Waals surface area contributed by atoms with Crippen molar-refractivity contribution in [3.8, 4) is 5.75 Å². The topological polar surface area (TPSA) is 67.5 Å². The summed E-state index contributed by atoms with van der Waals surface area (Å²) in [5.74, 6) is 0.784. The molecule has 0 radical (unpaired) electrons. The number of benzene rings is 1. The van der Waals surface area contributed by atoms with Crippen molar-refractivity contribution in [1.82, 2.24) is 0 Å². The van der Waals surface area contributed by atoms with Gasteiger partial charge in [-0.05, 0) is 34.1 Å². The molecule has 0 aliphatic rings. The van der Waals surface area contributed by atoms with Gasteiger partial charge in [-0.1, -0.05) is 0 Å². The molecule has 0 saturated carbocycles. The Bertz CT molecular complexity index is 320. The van der Waals surface area contributed by atoms with Crippen LogP contribution in [0.4, 0.5) is 5.69 Å². The van der Waals surface area contributed by atoms with E-state index in [4.69, 9.17) is 15.6 Å². The molecule has 1 unspecified atom stereocenters. The molecular weight excluding hydrogens is 260 g/mol. The lowest BCUT2D eigenvalue weighted by molar-refractivity contribution is 0.270. The van der Waals surface area contributed by atoms with E-state index < -0.39 is 0 Å². The highest BCUT2D eigenvalue weighted by atomic mass is 79.9. The first-order valence-electron chi connectivity index (χ1n) is 4.61. The van der Waals surface area contributed by atoms with Crippen molar-refractivity contribution in [2.75, 3.05) is 25.6 Å². The smallest absolute Gasteiger partial charge is 0.133 e. The number of ether oxygens (including phenoxy) is 1. The maximum Gasteiger partial charge on any atom is 0.133 e. The second kappa shape index (κ2) is 5.95. The van der Waals surface area contributed by atoms with Crippen molar-refractivity contribution in [1.29, 1.82) is 0 Å². The number of nitrogens with one attached hydrogen (secondary N) is 1. The SMILES string of the molecule is COc1ccc(NCC(N)CO)cc1Br. The van der Waals surface area contributed by atoms with Gasteiger partial charge in [-0.25, -0.2) is 0 Å². The van der Waals surface area contributed by atoms with Crippen molar-refractivity contribution < 1.29 is 9.84 Å². The van der Waals surface area contributed by atoms with Crippen molar-refractivity contribution in [2.45, 2.75) is 6.04 Å². The van der Waals surface area contributed by atoms with Gasteiger partial charge in [0, 0.05) is 18.3 Å². The molecule has 0 aliphatic heterocycles. The van der Waals surface area contributed by atoms with Gasteiger partial charge in [0.1, 0.15) is 5.75 Å². The average Bonchev–Trinajstić information content (AvgIpc) is 2.26. The molecule has 0 fully saturated rings. The fraction of sp³-hybridized carbons (Fsp3) is 0.400. The van der Waals surface area contributed by atoms with Crippen molar-refractivity contribution >= 4 is 21.6 Å². The third-order valence-corrected chi connectivity index (χ3v) is 2.57. The van der Waals surface area contributed by atoms with Crippen LogP contribution in [0.3, 0.4) is 0 Å². The molecule has 84 valence electrons. The second-order valence-electron chi connectivity index (χ2n) is 3.17. The average molecular weight is 275 g/mol. The molecule has 0 bridgehead atoms. The predicted octanol–water partition coefficient (Wildman–Crippen LogP) is 1.19. The fourth-order valence-electron chi connectivity index (χ4n) is 1.09. The maximum absolute atomic E-state index is 8.76. The normalized spacial score (nSPS) is 12.3. The lowest BCUT2D eigenvalue weighted by Crippen LogP contribution is -2.32. The van der Waals surface area contributed by atoms with Gasteiger partial charge in [0.25, 0.3) is 0 Å². The van der Waals surface area contributed by atoms with E-state index in [2.05, 4.69) is 21.2 Å². The highest BCUT2D eigenvalue weighted by Gasteiger charge is 2.03. The number of halogens is 1. The van der Waals surface area contributed by atoms with Crippen LogP contribution in [0.1, 0.15) is 0 Å². The number of hydrogen-bond donors (Lipinski definition) is 3. The lowest BCUT2D eigenvalue weighted by atomic mass is 10.2. The highest BCUT2D eigenvalue weighted by Crippen LogP contribution is 2.27. The minimum Gasteiger partial charge on any atom is -0.496 e. The molecule has 15 heavy (non-hydrogen) atoms. The van der Waals surface area contributed by atoms with Gasteiger partial charge in [-0.2, -0.15) is 0 Å². The Balaban J connectivity index is 2.59. The van der Waals surface area contributed by atoms with Crippen LogP contribution in [-0.2, 0) is 0 Å². The Kier molecular flexibility index (Phi) is 4.87. The third-order valence-electron chi connectivity index (χ3n) is 1.95. The van der Waals surface area contributed by atoms with Crippen LogP contribution in [-0.4, -0.2) is 31.4 Å². The first-order valence-corrected chi connectivity index (χ1v) is 5.40. The number of aliphatic hydroxyl groups excluding tert-OH is 1. The molecule has 0 spiro atoms. The Morgan fingerprint density at radius 2 is 2.33 bits per heavy atom. The maximum atomic E-state index is 8.76. The van der Waals surface area contributed by atoms with E-state index in [0.29, 0.717) is 6.54 Å². The van der Waals surface area contributed by atoms with Gasteiger partial charge in [0.2, 0.25) is 0 Å². The van der Waals surface area contributed by atoms with Gasteiger partial charge in [0.15, 0.2) is 0 Å². The summed E-state index contributed by atoms with van der Waals surface area (Å²) in [6, 6.07) is 5.42. The lowest BCUT2D eigenvalue weighted by Gasteiger charge is -2.12. The van der Waals surface area contributed by atoms with Crippen molar-refractivity contribution in [3.05, 3.63) is 22.7 Å². The Hall–Kier alpha value is -0.780. The molecule has 1 aromatic rings. The number of anilines is 1. The molecule has 1 rings (SSSR count). The molecule has 0 heterocycles. The number of rotatable bonds is 5. The van der Waals surface area contributed by atoms with E-state index in [1.807, 2.05) is 18.2 Å². The van der Waals surface area contributed by atoms with E-state index in [9.17, 15) is 0 Å². The van der Waals surface area contributed by atoms with Gasteiger partial charge in [0.05, 0.1) is 18.2 Å². The minimum atomic E-state index is -0.245. The number of methoxy groups -OCH3 is 1. The van der Waals surface area contributed by atoms with Crippen LogP contribution >= 0.6 is 15.9 Å². The van der Waals surface area contributed by atoms with Crippen LogP contribution in [0.2, 0.25) is 0 Å². The van der Waals surface area contributed by atoms with Crippen LogP contribution < -0.4 is 15.8 Å². The summed E-state index contributed by atoms with van der Waals surface area (Å²) in [5.41, 5.74) is 6.50.